The minimum Gasteiger partial charge on any atom is -0.392 e. The summed E-state index contributed by atoms with van der Waals surface area (Å²) in [7, 11) is 0. The fraction of sp³-hybridized carbons (Fsp3) is 0.692. The van der Waals surface area contributed by atoms with Gasteiger partial charge >= 0.3 is 0 Å². The fourth-order valence-electron chi connectivity index (χ4n) is 3.22. The lowest BCUT2D eigenvalue weighted by Crippen LogP contribution is -2.53. The lowest BCUT2D eigenvalue weighted by molar-refractivity contribution is -0.0411. The molecule has 0 spiro atoms. The summed E-state index contributed by atoms with van der Waals surface area (Å²) in [6.45, 7) is 3.28. The molecule has 1 aliphatic carbocycles. The molecule has 3 rings (SSSR count). The van der Waals surface area contributed by atoms with E-state index >= 15 is 0 Å². The number of nitrogens with zero attached hydrogens (tertiary/aromatic N) is 2. The Balaban J connectivity index is 1.78. The summed E-state index contributed by atoms with van der Waals surface area (Å²) in [6.07, 6.45) is 3.07. The number of amides is 1. The summed E-state index contributed by atoms with van der Waals surface area (Å²) in [5.74, 6) is 0.642. The number of piperidine rings is 1. The van der Waals surface area contributed by atoms with Crippen LogP contribution in [0, 0.1) is 18.8 Å². The third kappa shape index (κ3) is 1.95. The summed E-state index contributed by atoms with van der Waals surface area (Å²) in [4.78, 5) is 19.2. The van der Waals surface area contributed by atoms with Gasteiger partial charge in [0.25, 0.3) is 5.91 Å². The Morgan fingerprint density at radius 3 is 2.67 bits per heavy atom. The zero-order valence-electron chi connectivity index (χ0n) is 10.5. The third-order valence-electron chi connectivity index (χ3n) is 4.25. The maximum atomic E-state index is 12.4. The molecule has 2 aliphatic rings. The molecular formula is C13H18N2O2S. The quantitative estimate of drug-likeness (QED) is 0.841. The van der Waals surface area contributed by atoms with E-state index in [9.17, 15) is 9.90 Å². The number of aromatic nitrogens is 1. The van der Waals surface area contributed by atoms with Gasteiger partial charge in [0, 0.05) is 24.9 Å². The van der Waals surface area contributed by atoms with Crippen molar-refractivity contribution in [2.75, 3.05) is 13.1 Å². The SMILES string of the molecule is Cc1ncsc1C(=O)N1CC2CCCC(C1)C2O. The predicted octanol–water partition coefficient (Wildman–Crippen LogP) is 1.68. The van der Waals surface area contributed by atoms with E-state index in [2.05, 4.69) is 4.98 Å². The van der Waals surface area contributed by atoms with Crippen LogP contribution in [0.4, 0.5) is 0 Å². The minimum absolute atomic E-state index is 0.0961. The topological polar surface area (TPSA) is 53.4 Å². The Labute approximate surface area is 111 Å². The zero-order chi connectivity index (χ0) is 12.7. The molecule has 0 radical (unpaired) electrons. The highest BCUT2D eigenvalue weighted by Gasteiger charge is 2.40. The maximum Gasteiger partial charge on any atom is 0.265 e. The van der Waals surface area contributed by atoms with Crippen LogP contribution >= 0.6 is 11.3 Å². The number of rotatable bonds is 1. The van der Waals surface area contributed by atoms with Crippen molar-refractivity contribution < 1.29 is 9.90 Å². The van der Waals surface area contributed by atoms with Gasteiger partial charge in [0.1, 0.15) is 4.88 Å². The van der Waals surface area contributed by atoms with E-state index in [1.165, 1.54) is 17.8 Å². The van der Waals surface area contributed by atoms with Gasteiger partial charge in [-0.3, -0.25) is 4.79 Å². The molecule has 1 saturated carbocycles. The highest BCUT2D eigenvalue weighted by atomic mass is 32.1. The lowest BCUT2D eigenvalue weighted by Gasteiger charge is -2.44. The molecule has 1 N–H and O–H groups in total. The second-order valence-corrected chi connectivity index (χ2v) is 6.27. The summed E-state index contributed by atoms with van der Waals surface area (Å²) in [6, 6.07) is 0. The summed E-state index contributed by atoms with van der Waals surface area (Å²) in [5, 5.41) is 10.1. The van der Waals surface area contributed by atoms with Crippen molar-refractivity contribution in [3.63, 3.8) is 0 Å². The van der Waals surface area contributed by atoms with Crippen LogP contribution in [0.3, 0.4) is 0 Å². The molecule has 2 atom stereocenters. The van der Waals surface area contributed by atoms with Crippen molar-refractivity contribution in [3.8, 4) is 0 Å². The van der Waals surface area contributed by atoms with Crippen LogP contribution in [0.1, 0.15) is 34.6 Å². The van der Waals surface area contributed by atoms with Crippen LogP contribution in [0.5, 0.6) is 0 Å². The van der Waals surface area contributed by atoms with E-state index in [0.717, 1.165) is 23.4 Å². The van der Waals surface area contributed by atoms with Crippen LogP contribution in [-0.4, -0.2) is 40.1 Å². The Morgan fingerprint density at radius 2 is 2.11 bits per heavy atom. The monoisotopic (exact) mass is 266 g/mol. The van der Waals surface area contributed by atoms with E-state index in [0.29, 0.717) is 13.1 Å². The Morgan fingerprint density at radius 1 is 1.44 bits per heavy atom. The lowest BCUT2D eigenvalue weighted by atomic mass is 9.75. The van der Waals surface area contributed by atoms with Gasteiger partial charge in [0.2, 0.25) is 0 Å². The van der Waals surface area contributed by atoms with Crippen LogP contribution < -0.4 is 0 Å². The highest BCUT2D eigenvalue weighted by Crippen LogP contribution is 2.35. The van der Waals surface area contributed by atoms with Crippen molar-refractivity contribution in [2.45, 2.75) is 32.3 Å². The number of fused-ring (bicyclic) bond motifs is 2. The van der Waals surface area contributed by atoms with Crippen molar-refractivity contribution in [1.82, 2.24) is 9.88 Å². The molecule has 4 nitrogen and oxygen atoms in total. The van der Waals surface area contributed by atoms with Gasteiger partial charge in [0.05, 0.1) is 17.3 Å². The largest absolute Gasteiger partial charge is 0.392 e. The standard InChI is InChI=1S/C13H18N2O2S/c1-8-12(18-7-14-8)13(17)15-5-9-3-2-4-10(6-15)11(9)16/h7,9-11,16H,2-6H2,1H3. The van der Waals surface area contributed by atoms with E-state index in [4.69, 9.17) is 0 Å². The molecule has 1 aliphatic heterocycles. The second-order valence-electron chi connectivity index (χ2n) is 5.42. The van der Waals surface area contributed by atoms with Gasteiger partial charge in [-0.2, -0.15) is 0 Å². The van der Waals surface area contributed by atoms with Crippen LogP contribution in [-0.2, 0) is 0 Å². The van der Waals surface area contributed by atoms with E-state index in [-0.39, 0.29) is 23.8 Å². The smallest absolute Gasteiger partial charge is 0.265 e. The molecule has 2 heterocycles. The molecule has 2 bridgehead atoms. The molecule has 5 heteroatoms. The van der Waals surface area contributed by atoms with Crippen LogP contribution in [0.15, 0.2) is 5.51 Å². The number of carbonyl (C=O) groups excluding carboxylic acids is 1. The first-order chi connectivity index (χ1) is 8.66. The first kappa shape index (κ1) is 12.1. The Kier molecular flexibility index (Phi) is 3.11. The van der Waals surface area contributed by atoms with Gasteiger partial charge in [-0.25, -0.2) is 4.98 Å². The number of hydrogen-bond acceptors (Lipinski definition) is 4. The minimum atomic E-state index is -0.203. The molecule has 2 fully saturated rings. The van der Waals surface area contributed by atoms with E-state index in [1.807, 2.05) is 11.8 Å². The molecule has 1 aromatic rings. The molecule has 98 valence electrons. The Hall–Kier alpha value is -0.940. The van der Waals surface area contributed by atoms with E-state index < -0.39 is 0 Å². The van der Waals surface area contributed by atoms with Gasteiger partial charge in [-0.1, -0.05) is 6.42 Å². The Bertz CT molecular complexity index is 446. The van der Waals surface area contributed by atoms with Crippen molar-refractivity contribution in [1.29, 1.82) is 0 Å². The van der Waals surface area contributed by atoms with Gasteiger partial charge < -0.3 is 10.0 Å². The van der Waals surface area contributed by atoms with Gasteiger partial charge in [-0.05, 0) is 19.8 Å². The predicted molar refractivity (Wildman–Crippen MR) is 69.6 cm³/mol. The first-order valence-electron chi connectivity index (χ1n) is 6.54. The highest BCUT2D eigenvalue weighted by molar-refractivity contribution is 7.11. The summed E-state index contributed by atoms with van der Waals surface area (Å²) < 4.78 is 0. The molecule has 1 amide bonds. The average molecular weight is 266 g/mol. The molecule has 1 aromatic heterocycles. The van der Waals surface area contributed by atoms with Crippen molar-refractivity contribution >= 4 is 17.2 Å². The average Bonchev–Trinajstić information content (AvgIpc) is 2.74. The number of hydrogen-bond donors (Lipinski definition) is 1. The summed E-state index contributed by atoms with van der Waals surface area (Å²) in [5.41, 5.74) is 2.55. The van der Waals surface area contributed by atoms with Crippen molar-refractivity contribution in [3.05, 3.63) is 16.1 Å². The maximum absolute atomic E-state index is 12.4. The van der Waals surface area contributed by atoms with Crippen LogP contribution in [0.2, 0.25) is 0 Å². The third-order valence-corrected chi connectivity index (χ3v) is 5.17. The first-order valence-corrected chi connectivity index (χ1v) is 7.42. The molecule has 2 unspecified atom stereocenters. The zero-order valence-corrected chi connectivity index (χ0v) is 11.3. The normalized spacial score (nSPS) is 31.4. The summed E-state index contributed by atoms with van der Waals surface area (Å²) >= 11 is 1.42. The van der Waals surface area contributed by atoms with Gasteiger partial charge in [-0.15, -0.1) is 11.3 Å². The number of aryl methyl sites for hydroxylation is 1. The number of likely N-dealkylation sites (tertiary alicyclic amines) is 1. The van der Waals surface area contributed by atoms with E-state index in [1.54, 1.807) is 5.51 Å². The molecular weight excluding hydrogens is 248 g/mol. The number of carbonyl (C=O) groups is 1. The molecule has 1 saturated heterocycles. The molecule has 18 heavy (non-hydrogen) atoms. The molecule has 0 aromatic carbocycles. The van der Waals surface area contributed by atoms with Crippen molar-refractivity contribution in [2.24, 2.45) is 11.8 Å². The number of thiazole rings is 1. The number of aliphatic hydroxyl groups excluding tert-OH is 1. The number of aliphatic hydroxyl groups is 1. The second kappa shape index (κ2) is 4.63. The van der Waals surface area contributed by atoms with Gasteiger partial charge in [0.15, 0.2) is 0 Å². The fourth-order valence-corrected chi connectivity index (χ4v) is 3.99. The van der Waals surface area contributed by atoms with Crippen LogP contribution in [0.25, 0.3) is 0 Å².